The number of nitrogens with one attached hydrogen (secondary N) is 2. The molecule has 0 aliphatic heterocycles. The zero-order valence-electron chi connectivity index (χ0n) is 11.2. The lowest BCUT2D eigenvalue weighted by atomic mass is 10.1. The number of rotatable bonds is 3. The summed E-state index contributed by atoms with van der Waals surface area (Å²) >= 11 is 0. The van der Waals surface area contributed by atoms with E-state index in [4.69, 9.17) is 0 Å². The van der Waals surface area contributed by atoms with Crippen LogP contribution in [0.1, 0.15) is 16.7 Å². The molecule has 5 heteroatoms. The zero-order valence-corrected chi connectivity index (χ0v) is 12.0. The van der Waals surface area contributed by atoms with Crippen molar-refractivity contribution in [3.8, 4) is 0 Å². The fourth-order valence-corrected chi connectivity index (χ4v) is 3.76. The standard InChI is InChI=1S/C14H16N2O2S/c1-10-7-11(2)14(12(3)8-10)19(17,18)16-13-5-4-6-15-9-13/h4-9,16H,1-3H3/p+1. The Balaban J connectivity index is 2.46. The lowest BCUT2D eigenvalue weighted by molar-refractivity contribution is -0.376. The quantitative estimate of drug-likeness (QED) is 0.935. The highest BCUT2D eigenvalue weighted by molar-refractivity contribution is 7.92. The van der Waals surface area contributed by atoms with Crippen molar-refractivity contribution in [1.29, 1.82) is 0 Å². The number of aromatic amines is 1. The molecule has 0 saturated carbocycles. The van der Waals surface area contributed by atoms with Crippen molar-refractivity contribution in [1.82, 2.24) is 0 Å². The number of anilines is 1. The van der Waals surface area contributed by atoms with E-state index >= 15 is 0 Å². The number of hydrogen-bond donors (Lipinski definition) is 1. The van der Waals surface area contributed by atoms with Gasteiger partial charge < -0.3 is 0 Å². The summed E-state index contributed by atoms with van der Waals surface area (Å²) in [6, 6.07) is 7.19. The van der Waals surface area contributed by atoms with Crippen LogP contribution in [0, 0.1) is 20.8 Å². The number of benzene rings is 1. The molecular formula is C14H17N2O2S+. The van der Waals surface area contributed by atoms with Gasteiger partial charge in [0.1, 0.15) is 5.69 Å². The van der Waals surface area contributed by atoms with Crippen LogP contribution in [0.5, 0.6) is 0 Å². The Kier molecular flexibility index (Phi) is 3.57. The number of pyridine rings is 1. The molecule has 19 heavy (non-hydrogen) atoms. The van der Waals surface area contributed by atoms with Crippen LogP contribution in [0.3, 0.4) is 0 Å². The van der Waals surface area contributed by atoms with Crippen molar-refractivity contribution in [2.24, 2.45) is 0 Å². The summed E-state index contributed by atoms with van der Waals surface area (Å²) in [6.07, 6.45) is 3.33. The second-order valence-corrected chi connectivity index (χ2v) is 6.24. The van der Waals surface area contributed by atoms with E-state index in [1.54, 1.807) is 24.5 Å². The smallest absolute Gasteiger partial charge is 0.262 e. The van der Waals surface area contributed by atoms with E-state index in [0.29, 0.717) is 10.6 Å². The molecule has 2 rings (SSSR count). The highest BCUT2D eigenvalue weighted by Gasteiger charge is 2.20. The summed E-state index contributed by atoms with van der Waals surface area (Å²) < 4.78 is 27.4. The van der Waals surface area contributed by atoms with Crippen molar-refractivity contribution in [3.63, 3.8) is 0 Å². The minimum atomic E-state index is -3.56. The third-order valence-electron chi connectivity index (χ3n) is 2.83. The lowest BCUT2D eigenvalue weighted by Gasteiger charge is -2.12. The average molecular weight is 277 g/mol. The lowest BCUT2D eigenvalue weighted by Crippen LogP contribution is -2.17. The molecule has 2 aromatic rings. The molecule has 0 amide bonds. The molecule has 0 aliphatic rings. The number of aryl methyl sites for hydroxylation is 3. The highest BCUT2D eigenvalue weighted by Crippen LogP contribution is 2.23. The summed E-state index contributed by atoms with van der Waals surface area (Å²) in [5.41, 5.74) is 3.08. The van der Waals surface area contributed by atoms with Gasteiger partial charge in [-0.05, 0) is 38.0 Å². The van der Waals surface area contributed by atoms with E-state index in [-0.39, 0.29) is 0 Å². The average Bonchev–Trinajstić information content (AvgIpc) is 2.27. The van der Waals surface area contributed by atoms with Crippen LogP contribution in [0.15, 0.2) is 41.6 Å². The first-order valence-electron chi connectivity index (χ1n) is 5.97. The molecule has 1 aromatic heterocycles. The molecule has 0 saturated heterocycles. The first-order chi connectivity index (χ1) is 8.90. The molecule has 0 atom stereocenters. The molecule has 4 nitrogen and oxygen atoms in total. The molecule has 0 unspecified atom stereocenters. The summed E-state index contributed by atoms with van der Waals surface area (Å²) in [6.45, 7) is 5.58. The van der Waals surface area contributed by atoms with E-state index in [0.717, 1.165) is 16.7 Å². The van der Waals surface area contributed by atoms with Crippen LogP contribution < -0.4 is 9.71 Å². The maximum atomic E-state index is 12.4. The number of hydrogen-bond acceptors (Lipinski definition) is 2. The van der Waals surface area contributed by atoms with Gasteiger partial charge in [-0.15, -0.1) is 0 Å². The Morgan fingerprint density at radius 3 is 2.26 bits per heavy atom. The Morgan fingerprint density at radius 1 is 1.11 bits per heavy atom. The van der Waals surface area contributed by atoms with Gasteiger partial charge in [-0.3, -0.25) is 4.72 Å². The molecular weight excluding hydrogens is 260 g/mol. The normalized spacial score (nSPS) is 11.3. The van der Waals surface area contributed by atoms with E-state index in [1.807, 2.05) is 32.9 Å². The van der Waals surface area contributed by atoms with E-state index in [2.05, 4.69) is 9.71 Å². The van der Waals surface area contributed by atoms with Crippen LogP contribution in [0.25, 0.3) is 0 Å². The second kappa shape index (κ2) is 5.01. The molecule has 0 fully saturated rings. The van der Waals surface area contributed by atoms with Gasteiger partial charge in [-0.2, -0.15) is 0 Å². The summed E-state index contributed by atoms with van der Waals surface area (Å²) in [5.74, 6) is 0. The summed E-state index contributed by atoms with van der Waals surface area (Å²) in [4.78, 5) is 3.20. The predicted molar refractivity (Wildman–Crippen MR) is 74.5 cm³/mol. The van der Waals surface area contributed by atoms with Crippen molar-refractivity contribution in [2.75, 3.05) is 4.72 Å². The van der Waals surface area contributed by atoms with Gasteiger partial charge in [0, 0.05) is 6.07 Å². The van der Waals surface area contributed by atoms with Crippen LogP contribution in [0.4, 0.5) is 5.69 Å². The first-order valence-corrected chi connectivity index (χ1v) is 7.45. The second-order valence-electron chi connectivity index (χ2n) is 4.63. The van der Waals surface area contributed by atoms with Gasteiger partial charge in [0.2, 0.25) is 0 Å². The van der Waals surface area contributed by atoms with Gasteiger partial charge in [0.05, 0.1) is 4.90 Å². The third kappa shape index (κ3) is 2.93. The van der Waals surface area contributed by atoms with Crippen molar-refractivity contribution >= 4 is 15.7 Å². The fraction of sp³-hybridized carbons (Fsp3) is 0.214. The maximum Gasteiger partial charge on any atom is 0.262 e. The molecule has 2 N–H and O–H groups in total. The highest BCUT2D eigenvalue weighted by atomic mass is 32.2. The van der Waals surface area contributed by atoms with Crippen LogP contribution >= 0.6 is 0 Å². The minimum Gasteiger partial charge on any atom is -0.274 e. The Morgan fingerprint density at radius 2 is 1.74 bits per heavy atom. The fourth-order valence-electron chi connectivity index (χ4n) is 2.25. The summed E-state index contributed by atoms with van der Waals surface area (Å²) in [5, 5.41) is 0. The van der Waals surface area contributed by atoms with Crippen molar-refractivity contribution < 1.29 is 13.4 Å². The first kappa shape index (κ1) is 13.5. The molecule has 1 aromatic carbocycles. The van der Waals surface area contributed by atoms with E-state index in [1.165, 1.54) is 0 Å². The van der Waals surface area contributed by atoms with E-state index < -0.39 is 10.0 Å². The van der Waals surface area contributed by atoms with Crippen LogP contribution in [-0.4, -0.2) is 8.42 Å². The monoisotopic (exact) mass is 277 g/mol. The molecule has 0 bridgehead atoms. The van der Waals surface area contributed by atoms with E-state index in [9.17, 15) is 8.42 Å². The maximum absolute atomic E-state index is 12.4. The van der Waals surface area contributed by atoms with Crippen LogP contribution in [-0.2, 0) is 10.0 Å². The number of aromatic nitrogens is 1. The van der Waals surface area contributed by atoms with Gasteiger partial charge in [-0.25, -0.2) is 13.4 Å². The van der Waals surface area contributed by atoms with Gasteiger partial charge in [0.15, 0.2) is 12.4 Å². The minimum absolute atomic E-state index is 0.349. The molecule has 0 aliphatic carbocycles. The SMILES string of the molecule is Cc1cc(C)c(S(=O)(=O)Nc2ccc[nH+]c2)c(C)c1. The van der Waals surface area contributed by atoms with Gasteiger partial charge >= 0.3 is 0 Å². The van der Waals surface area contributed by atoms with Crippen molar-refractivity contribution in [2.45, 2.75) is 25.7 Å². The van der Waals surface area contributed by atoms with Gasteiger partial charge in [-0.1, -0.05) is 17.7 Å². The Labute approximate surface area is 113 Å². The third-order valence-corrected chi connectivity index (χ3v) is 4.52. The number of sulfonamides is 1. The summed E-state index contributed by atoms with van der Waals surface area (Å²) in [7, 11) is -3.56. The topological polar surface area (TPSA) is 60.3 Å². The molecule has 100 valence electrons. The predicted octanol–water partition coefficient (Wildman–Crippen LogP) is 2.23. The Hall–Kier alpha value is -1.88. The molecule has 1 heterocycles. The largest absolute Gasteiger partial charge is 0.274 e. The number of H-pyrrole nitrogens is 1. The molecule has 0 radical (unpaired) electrons. The Bertz CT molecular complexity index is 672. The van der Waals surface area contributed by atoms with Crippen molar-refractivity contribution in [3.05, 3.63) is 53.3 Å². The van der Waals surface area contributed by atoms with Gasteiger partial charge in [0.25, 0.3) is 10.0 Å². The van der Waals surface area contributed by atoms with Crippen LogP contribution in [0.2, 0.25) is 0 Å². The molecule has 0 spiro atoms. The zero-order chi connectivity index (χ0) is 14.0.